The number of nitriles is 1. The first-order valence-corrected chi connectivity index (χ1v) is 7.12. The number of hydrogen-bond acceptors (Lipinski definition) is 4. The topological polar surface area (TPSA) is 66.2 Å². The molecule has 1 aliphatic heterocycles. The van der Waals surface area contributed by atoms with Crippen LogP contribution >= 0.6 is 0 Å². The van der Waals surface area contributed by atoms with E-state index >= 15 is 0 Å². The van der Waals surface area contributed by atoms with Gasteiger partial charge in [-0.3, -0.25) is 9.78 Å². The van der Waals surface area contributed by atoms with Gasteiger partial charge in [-0.25, -0.2) is 0 Å². The van der Waals surface area contributed by atoms with E-state index in [9.17, 15) is 10.1 Å². The molecule has 0 aliphatic carbocycles. The van der Waals surface area contributed by atoms with E-state index in [1.807, 2.05) is 18.2 Å². The highest BCUT2D eigenvalue weighted by Gasteiger charge is 2.19. The lowest BCUT2D eigenvalue weighted by atomic mass is 10.0. The van der Waals surface area contributed by atoms with Crippen molar-refractivity contribution in [1.29, 1.82) is 5.26 Å². The molecule has 0 spiro atoms. The van der Waals surface area contributed by atoms with E-state index in [1.165, 1.54) is 0 Å². The Labute approximate surface area is 128 Å². The van der Waals surface area contributed by atoms with Gasteiger partial charge in [-0.15, -0.1) is 0 Å². The maximum Gasteiger partial charge on any atom is 0.254 e. The van der Waals surface area contributed by atoms with E-state index < -0.39 is 0 Å². The quantitative estimate of drug-likeness (QED) is 0.850. The number of nitrogens with zero attached hydrogens (tertiary/aromatic N) is 3. The second kappa shape index (κ2) is 6.37. The molecule has 1 aromatic carbocycles. The zero-order valence-corrected chi connectivity index (χ0v) is 12.0. The van der Waals surface area contributed by atoms with Crippen LogP contribution in [0.15, 0.2) is 42.6 Å². The van der Waals surface area contributed by atoms with Crippen LogP contribution in [0.3, 0.4) is 0 Å². The summed E-state index contributed by atoms with van der Waals surface area (Å²) in [5, 5.41) is 9.20. The van der Waals surface area contributed by atoms with Crippen LogP contribution in [0.5, 0.6) is 0 Å². The number of hydrogen-bond donors (Lipinski definition) is 0. The Balaban J connectivity index is 1.93. The minimum absolute atomic E-state index is 0.0265. The number of amides is 1. The van der Waals surface area contributed by atoms with E-state index in [1.54, 1.807) is 29.3 Å². The molecule has 1 saturated heterocycles. The van der Waals surface area contributed by atoms with Crippen LogP contribution in [0.25, 0.3) is 11.3 Å². The van der Waals surface area contributed by atoms with E-state index in [4.69, 9.17) is 4.74 Å². The molecule has 5 heteroatoms. The molecule has 22 heavy (non-hydrogen) atoms. The standard InChI is InChI=1S/C17H15N3O2/c18-12-14-3-1-2-4-15(14)16-11-13(5-6-19-16)17(21)20-7-9-22-10-8-20/h1-6,11H,7-10H2. The zero-order chi connectivity index (χ0) is 15.4. The Morgan fingerprint density at radius 2 is 2.00 bits per heavy atom. The Kier molecular flexibility index (Phi) is 4.12. The van der Waals surface area contributed by atoms with Gasteiger partial charge < -0.3 is 9.64 Å². The van der Waals surface area contributed by atoms with Crippen LogP contribution < -0.4 is 0 Å². The van der Waals surface area contributed by atoms with Gasteiger partial charge in [-0.05, 0) is 18.2 Å². The normalized spacial score (nSPS) is 14.4. The summed E-state index contributed by atoms with van der Waals surface area (Å²) < 4.78 is 5.27. The first-order valence-electron chi connectivity index (χ1n) is 7.12. The van der Waals surface area contributed by atoms with Crippen molar-refractivity contribution in [2.75, 3.05) is 26.3 Å². The summed E-state index contributed by atoms with van der Waals surface area (Å²) in [5.74, 6) is -0.0265. The van der Waals surface area contributed by atoms with Crippen molar-refractivity contribution < 1.29 is 9.53 Å². The molecule has 1 aliphatic rings. The third-order valence-corrected chi connectivity index (χ3v) is 3.63. The Morgan fingerprint density at radius 3 is 2.77 bits per heavy atom. The molecule has 1 aromatic heterocycles. The van der Waals surface area contributed by atoms with E-state index in [2.05, 4.69) is 11.1 Å². The molecule has 0 unspecified atom stereocenters. The van der Waals surface area contributed by atoms with Crippen LogP contribution in [-0.4, -0.2) is 42.1 Å². The van der Waals surface area contributed by atoms with Crippen LogP contribution in [0.2, 0.25) is 0 Å². The van der Waals surface area contributed by atoms with Gasteiger partial charge in [0.15, 0.2) is 0 Å². The lowest BCUT2D eigenvalue weighted by Crippen LogP contribution is -2.40. The first-order chi connectivity index (χ1) is 10.8. The summed E-state index contributed by atoms with van der Waals surface area (Å²) in [5.41, 5.74) is 2.50. The Morgan fingerprint density at radius 1 is 1.23 bits per heavy atom. The SMILES string of the molecule is N#Cc1ccccc1-c1cc(C(=O)N2CCOCC2)ccn1. The molecule has 5 nitrogen and oxygen atoms in total. The molecule has 0 bridgehead atoms. The minimum atomic E-state index is -0.0265. The average Bonchev–Trinajstić information content (AvgIpc) is 2.62. The smallest absolute Gasteiger partial charge is 0.254 e. The molecule has 0 radical (unpaired) electrons. The maximum absolute atomic E-state index is 12.5. The molecule has 2 aromatic rings. The first kappa shape index (κ1) is 14.2. The van der Waals surface area contributed by atoms with Crippen molar-refractivity contribution in [3.8, 4) is 17.3 Å². The summed E-state index contributed by atoms with van der Waals surface area (Å²) in [6.07, 6.45) is 1.61. The zero-order valence-electron chi connectivity index (χ0n) is 12.0. The highest BCUT2D eigenvalue weighted by atomic mass is 16.5. The summed E-state index contributed by atoms with van der Waals surface area (Å²) in [6.45, 7) is 2.35. The largest absolute Gasteiger partial charge is 0.378 e. The third-order valence-electron chi connectivity index (χ3n) is 3.63. The van der Waals surface area contributed by atoms with Crippen LogP contribution in [-0.2, 0) is 4.74 Å². The number of rotatable bonds is 2. The van der Waals surface area contributed by atoms with Gasteiger partial charge in [-0.1, -0.05) is 18.2 Å². The summed E-state index contributed by atoms with van der Waals surface area (Å²) in [6, 6.07) is 12.8. The van der Waals surface area contributed by atoms with Gasteiger partial charge in [0.2, 0.25) is 0 Å². The van der Waals surface area contributed by atoms with Crippen LogP contribution in [0.1, 0.15) is 15.9 Å². The summed E-state index contributed by atoms with van der Waals surface area (Å²) >= 11 is 0. The summed E-state index contributed by atoms with van der Waals surface area (Å²) in [4.78, 5) is 18.6. The van der Waals surface area contributed by atoms with Gasteiger partial charge >= 0.3 is 0 Å². The van der Waals surface area contributed by atoms with Gasteiger partial charge in [-0.2, -0.15) is 5.26 Å². The number of benzene rings is 1. The van der Waals surface area contributed by atoms with Gasteiger partial charge in [0, 0.05) is 30.4 Å². The average molecular weight is 293 g/mol. The van der Waals surface area contributed by atoms with Crippen molar-refractivity contribution in [3.63, 3.8) is 0 Å². The van der Waals surface area contributed by atoms with Crippen LogP contribution in [0, 0.1) is 11.3 Å². The molecule has 0 N–H and O–H groups in total. The number of carbonyl (C=O) groups excluding carboxylic acids is 1. The van der Waals surface area contributed by atoms with Gasteiger partial charge in [0.1, 0.15) is 0 Å². The lowest BCUT2D eigenvalue weighted by molar-refractivity contribution is 0.0303. The van der Waals surface area contributed by atoms with E-state index in [0.717, 1.165) is 5.56 Å². The van der Waals surface area contributed by atoms with Crippen molar-refractivity contribution in [2.24, 2.45) is 0 Å². The number of pyridine rings is 1. The number of aromatic nitrogens is 1. The van der Waals surface area contributed by atoms with Gasteiger partial charge in [0.05, 0.1) is 30.5 Å². The highest BCUT2D eigenvalue weighted by Crippen LogP contribution is 2.22. The molecule has 110 valence electrons. The molecule has 3 rings (SSSR count). The van der Waals surface area contributed by atoms with Gasteiger partial charge in [0.25, 0.3) is 5.91 Å². The minimum Gasteiger partial charge on any atom is -0.378 e. The fourth-order valence-electron chi connectivity index (χ4n) is 2.46. The molecular formula is C17H15N3O2. The predicted molar refractivity (Wildman–Crippen MR) is 81.1 cm³/mol. The molecule has 0 atom stereocenters. The Bertz CT molecular complexity index is 731. The molecular weight excluding hydrogens is 278 g/mol. The van der Waals surface area contributed by atoms with E-state index in [0.29, 0.717) is 43.1 Å². The predicted octanol–water partition coefficient (Wildman–Crippen LogP) is 2.09. The molecule has 1 fully saturated rings. The number of carbonyl (C=O) groups is 1. The maximum atomic E-state index is 12.5. The monoisotopic (exact) mass is 293 g/mol. The molecule has 2 heterocycles. The second-order valence-electron chi connectivity index (χ2n) is 4.99. The third kappa shape index (κ3) is 2.83. The van der Waals surface area contributed by atoms with Crippen molar-refractivity contribution in [2.45, 2.75) is 0 Å². The molecule has 0 saturated carbocycles. The Hall–Kier alpha value is -2.71. The highest BCUT2D eigenvalue weighted by molar-refractivity contribution is 5.95. The summed E-state index contributed by atoms with van der Waals surface area (Å²) in [7, 11) is 0. The lowest BCUT2D eigenvalue weighted by Gasteiger charge is -2.26. The number of ether oxygens (including phenoxy) is 1. The second-order valence-corrected chi connectivity index (χ2v) is 4.99. The van der Waals surface area contributed by atoms with Crippen molar-refractivity contribution in [1.82, 2.24) is 9.88 Å². The molecule has 1 amide bonds. The van der Waals surface area contributed by atoms with Crippen molar-refractivity contribution in [3.05, 3.63) is 53.7 Å². The fourth-order valence-corrected chi connectivity index (χ4v) is 2.46. The van der Waals surface area contributed by atoms with Crippen LogP contribution in [0.4, 0.5) is 0 Å². The van der Waals surface area contributed by atoms with E-state index in [-0.39, 0.29) is 5.91 Å². The number of morpholine rings is 1. The van der Waals surface area contributed by atoms with Crippen molar-refractivity contribution >= 4 is 5.91 Å². The fraction of sp³-hybridized carbons (Fsp3) is 0.235.